The largest absolute Gasteiger partial charge is 0.331 e. The van der Waals surface area contributed by atoms with E-state index < -0.39 is 0 Å². The number of benzene rings is 1. The third-order valence-electron chi connectivity index (χ3n) is 2.50. The maximum Gasteiger partial charge on any atom is 0.319 e. The van der Waals surface area contributed by atoms with Gasteiger partial charge >= 0.3 is 6.03 Å². The highest BCUT2D eigenvalue weighted by Crippen LogP contribution is 2.16. The van der Waals surface area contributed by atoms with Crippen molar-refractivity contribution in [2.45, 2.75) is 20.4 Å². The molecule has 2 amide bonds. The zero-order valence-electron chi connectivity index (χ0n) is 10.4. The van der Waals surface area contributed by atoms with Gasteiger partial charge < -0.3 is 10.6 Å². The summed E-state index contributed by atoms with van der Waals surface area (Å²) in [6, 6.07) is 9.14. The Morgan fingerprint density at radius 2 is 2.00 bits per heavy atom. The van der Waals surface area contributed by atoms with E-state index in [4.69, 9.17) is 0 Å². The van der Waals surface area contributed by atoms with Crippen LogP contribution in [-0.4, -0.2) is 11.0 Å². The Morgan fingerprint density at radius 1 is 1.28 bits per heavy atom. The molecule has 1 aromatic carbocycles. The standard InChI is InChI=1S/C13H15N3OS/c1-9-10(2)18-12(15-9)8-14-13(17)16-11-6-4-3-5-7-11/h3-7H,8H2,1-2H3,(H2,14,16,17). The molecule has 0 saturated heterocycles. The van der Waals surface area contributed by atoms with Crippen molar-refractivity contribution in [1.82, 2.24) is 10.3 Å². The minimum atomic E-state index is -0.216. The molecule has 0 aliphatic carbocycles. The summed E-state index contributed by atoms with van der Waals surface area (Å²) in [4.78, 5) is 17.2. The maximum atomic E-state index is 11.6. The lowest BCUT2D eigenvalue weighted by Gasteiger charge is -2.05. The third kappa shape index (κ3) is 3.30. The Morgan fingerprint density at radius 3 is 2.61 bits per heavy atom. The summed E-state index contributed by atoms with van der Waals surface area (Å²) in [6.45, 7) is 4.46. The number of urea groups is 1. The van der Waals surface area contributed by atoms with E-state index in [-0.39, 0.29) is 6.03 Å². The number of rotatable bonds is 3. The van der Waals surface area contributed by atoms with Crippen molar-refractivity contribution < 1.29 is 4.79 Å². The highest BCUT2D eigenvalue weighted by atomic mass is 32.1. The summed E-state index contributed by atoms with van der Waals surface area (Å²) in [5.74, 6) is 0. The van der Waals surface area contributed by atoms with Gasteiger partial charge in [-0.2, -0.15) is 0 Å². The average molecular weight is 261 g/mol. The molecular weight excluding hydrogens is 246 g/mol. The summed E-state index contributed by atoms with van der Waals surface area (Å²) < 4.78 is 0. The first-order chi connectivity index (χ1) is 8.65. The van der Waals surface area contributed by atoms with Crippen LogP contribution in [0.2, 0.25) is 0 Å². The van der Waals surface area contributed by atoms with E-state index in [9.17, 15) is 4.79 Å². The van der Waals surface area contributed by atoms with Crippen LogP contribution in [0.15, 0.2) is 30.3 Å². The number of para-hydroxylation sites is 1. The van der Waals surface area contributed by atoms with Gasteiger partial charge in [-0.05, 0) is 26.0 Å². The second-order valence-corrected chi connectivity index (χ2v) is 5.21. The quantitative estimate of drug-likeness (QED) is 0.892. The average Bonchev–Trinajstić information content (AvgIpc) is 2.68. The summed E-state index contributed by atoms with van der Waals surface area (Å²) in [6.07, 6.45) is 0. The van der Waals surface area contributed by atoms with Crippen molar-refractivity contribution in [3.63, 3.8) is 0 Å². The van der Waals surface area contributed by atoms with E-state index in [1.165, 1.54) is 4.88 Å². The van der Waals surface area contributed by atoms with Gasteiger partial charge in [0.1, 0.15) is 5.01 Å². The second-order valence-electron chi connectivity index (χ2n) is 3.92. The number of carbonyl (C=O) groups excluding carboxylic acids is 1. The maximum absolute atomic E-state index is 11.6. The first kappa shape index (κ1) is 12.6. The predicted octanol–water partition coefficient (Wildman–Crippen LogP) is 3.08. The Labute approximate surface area is 110 Å². The van der Waals surface area contributed by atoms with Crippen LogP contribution in [0.1, 0.15) is 15.6 Å². The zero-order valence-corrected chi connectivity index (χ0v) is 11.2. The Balaban J connectivity index is 1.85. The molecule has 2 rings (SSSR count). The Bertz CT molecular complexity index is 517. The molecule has 0 aliphatic heterocycles. The number of thiazole rings is 1. The van der Waals surface area contributed by atoms with Crippen LogP contribution >= 0.6 is 11.3 Å². The lowest BCUT2D eigenvalue weighted by Crippen LogP contribution is -2.28. The van der Waals surface area contributed by atoms with Crippen LogP contribution in [0.5, 0.6) is 0 Å². The fourth-order valence-corrected chi connectivity index (χ4v) is 2.34. The normalized spacial score (nSPS) is 10.1. The molecule has 0 fully saturated rings. The minimum Gasteiger partial charge on any atom is -0.331 e. The SMILES string of the molecule is Cc1nc(CNC(=O)Nc2ccccc2)sc1C. The number of hydrogen-bond acceptors (Lipinski definition) is 3. The summed E-state index contributed by atoms with van der Waals surface area (Å²) in [5.41, 5.74) is 1.81. The third-order valence-corrected chi connectivity index (χ3v) is 3.58. The van der Waals surface area contributed by atoms with Crippen LogP contribution in [0.4, 0.5) is 10.5 Å². The van der Waals surface area contributed by atoms with Gasteiger partial charge in [0.15, 0.2) is 0 Å². The first-order valence-electron chi connectivity index (χ1n) is 5.68. The Kier molecular flexibility index (Phi) is 3.94. The van der Waals surface area contributed by atoms with Crippen molar-refractivity contribution in [3.8, 4) is 0 Å². The van der Waals surface area contributed by atoms with Crippen LogP contribution in [-0.2, 0) is 6.54 Å². The van der Waals surface area contributed by atoms with E-state index in [1.807, 2.05) is 44.2 Å². The number of anilines is 1. The fourth-order valence-electron chi connectivity index (χ4n) is 1.47. The molecule has 0 aliphatic rings. The molecule has 2 aromatic rings. The molecule has 0 atom stereocenters. The van der Waals surface area contributed by atoms with E-state index in [1.54, 1.807) is 11.3 Å². The fraction of sp³-hybridized carbons (Fsp3) is 0.231. The topological polar surface area (TPSA) is 54.0 Å². The van der Waals surface area contributed by atoms with Crippen molar-refractivity contribution in [1.29, 1.82) is 0 Å². The predicted molar refractivity (Wildman–Crippen MR) is 73.9 cm³/mol. The van der Waals surface area contributed by atoms with Gasteiger partial charge in [-0.1, -0.05) is 18.2 Å². The zero-order chi connectivity index (χ0) is 13.0. The number of amides is 2. The van der Waals surface area contributed by atoms with Crippen LogP contribution in [0.3, 0.4) is 0 Å². The molecule has 4 nitrogen and oxygen atoms in total. The molecule has 5 heteroatoms. The van der Waals surface area contributed by atoms with Crippen LogP contribution in [0.25, 0.3) is 0 Å². The van der Waals surface area contributed by atoms with Gasteiger partial charge in [-0.15, -0.1) is 11.3 Å². The number of aryl methyl sites for hydroxylation is 2. The van der Waals surface area contributed by atoms with Gasteiger partial charge in [0.25, 0.3) is 0 Å². The van der Waals surface area contributed by atoms with Crippen molar-refractivity contribution in [2.24, 2.45) is 0 Å². The first-order valence-corrected chi connectivity index (χ1v) is 6.49. The van der Waals surface area contributed by atoms with Crippen LogP contribution < -0.4 is 10.6 Å². The molecule has 0 bridgehead atoms. The monoisotopic (exact) mass is 261 g/mol. The lowest BCUT2D eigenvalue weighted by molar-refractivity contribution is 0.251. The number of nitrogens with one attached hydrogen (secondary N) is 2. The highest BCUT2D eigenvalue weighted by molar-refractivity contribution is 7.11. The molecular formula is C13H15N3OS. The molecule has 1 heterocycles. The minimum absolute atomic E-state index is 0.216. The van der Waals surface area contributed by atoms with Gasteiger partial charge in [0, 0.05) is 10.6 Å². The summed E-state index contributed by atoms with van der Waals surface area (Å²) in [5, 5.41) is 6.47. The van der Waals surface area contributed by atoms with E-state index in [0.717, 1.165) is 16.4 Å². The Hall–Kier alpha value is -1.88. The second kappa shape index (κ2) is 5.64. The van der Waals surface area contributed by atoms with Gasteiger partial charge in [-0.3, -0.25) is 0 Å². The molecule has 0 unspecified atom stereocenters. The molecule has 2 N–H and O–H groups in total. The molecule has 94 valence electrons. The van der Waals surface area contributed by atoms with E-state index in [2.05, 4.69) is 15.6 Å². The summed E-state index contributed by atoms with van der Waals surface area (Å²) in [7, 11) is 0. The molecule has 0 spiro atoms. The molecule has 0 saturated carbocycles. The smallest absolute Gasteiger partial charge is 0.319 e. The van der Waals surface area contributed by atoms with Gasteiger partial charge in [-0.25, -0.2) is 9.78 Å². The van der Waals surface area contributed by atoms with E-state index >= 15 is 0 Å². The number of aromatic nitrogens is 1. The number of carbonyl (C=O) groups is 1. The van der Waals surface area contributed by atoms with E-state index in [0.29, 0.717) is 6.54 Å². The number of nitrogens with zero attached hydrogens (tertiary/aromatic N) is 1. The lowest BCUT2D eigenvalue weighted by atomic mass is 10.3. The van der Waals surface area contributed by atoms with Crippen molar-refractivity contribution in [2.75, 3.05) is 5.32 Å². The van der Waals surface area contributed by atoms with Gasteiger partial charge in [0.2, 0.25) is 0 Å². The van der Waals surface area contributed by atoms with Crippen LogP contribution in [0, 0.1) is 13.8 Å². The van der Waals surface area contributed by atoms with Crippen molar-refractivity contribution in [3.05, 3.63) is 45.9 Å². The molecule has 1 aromatic heterocycles. The molecule has 0 radical (unpaired) electrons. The van der Waals surface area contributed by atoms with Crippen molar-refractivity contribution >= 4 is 23.1 Å². The highest BCUT2D eigenvalue weighted by Gasteiger charge is 2.05. The summed E-state index contributed by atoms with van der Waals surface area (Å²) >= 11 is 1.61. The molecule has 18 heavy (non-hydrogen) atoms. The number of hydrogen-bond donors (Lipinski definition) is 2. The van der Waals surface area contributed by atoms with Gasteiger partial charge in [0.05, 0.1) is 12.2 Å².